The van der Waals surface area contributed by atoms with Gasteiger partial charge in [-0.05, 0) is 12.3 Å². The molecule has 1 rings (SSSR count). The second-order valence-corrected chi connectivity index (χ2v) is 2.60. The molecule has 1 heteroatoms. The van der Waals surface area contributed by atoms with Gasteiger partial charge in [0.2, 0.25) is 0 Å². The fraction of sp³-hybridized carbons (Fsp3) is 0.750. The van der Waals surface area contributed by atoms with Crippen LogP contribution >= 0.6 is 0 Å². The van der Waals surface area contributed by atoms with Crippen molar-refractivity contribution in [3.05, 3.63) is 12.3 Å². The van der Waals surface area contributed by atoms with Crippen molar-refractivity contribution in [2.24, 2.45) is 5.92 Å². The summed E-state index contributed by atoms with van der Waals surface area (Å²) in [4.78, 5) is 2.23. The number of likely N-dealkylation sites (tertiary alicyclic amines) is 1. The van der Waals surface area contributed by atoms with E-state index >= 15 is 0 Å². The maximum absolute atomic E-state index is 3.94. The summed E-state index contributed by atoms with van der Waals surface area (Å²) in [7, 11) is 2.10. The highest BCUT2D eigenvalue weighted by Crippen LogP contribution is 2.23. The lowest BCUT2D eigenvalue weighted by molar-refractivity contribution is 0.479. The zero-order valence-corrected chi connectivity index (χ0v) is 5.65. The number of allylic oxidation sites excluding steroid dienone is 1. The second-order valence-electron chi connectivity index (χ2n) is 2.60. The Kier molecular flexibility index (Phi) is 2.75. The van der Waals surface area contributed by atoms with Crippen molar-refractivity contribution in [2.45, 2.75) is 20.8 Å². The topological polar surface area (TPSA) is 3.24 Å². The maximum Gasteiger partial charge on any atom is 0.0177 e. The van der Waals surface area contributed by atoms with Crippen molar-refractivity contribution in [2.75, 3.05) is 13.6 Å². The van der Waals surface area contributed by atoms with Gasteiger partial charge in [-0.2, -0.15) is 0 Å². The average molecular weight is 127 g/mol. The van der Waals surface area contributed by atoms with Crippen LogP contribution in [0.4, 0.5) is 0 Å². The number of rotatable bonds is 0. The summed E-state index contributed by atoms with van der Waals surface area (Å²) in [6, 6.07) is 0. The first-order valence-electron chi connectivity index (χ1n) is 3.11. The van der Waals surface area contributed by atoms with E-state index in [0.29, 0.717) is 0 Å². The largest absolute Gasteiger partial charge is 0.378 e. The molecular weight excluding hydrogens is 110 g/mol. The van der Waals surface area contributed by atoms with Crippen LogP contribution in [0.15, 0.2) is 12.3 Å². The molecule has 0 aromatic carbocycles. The second kappa shape index (κ2) is 2.90. The van der Waals surface area contributed by atoms with Crippen LogP contribution in [0.25, 0.3) is 0 Å². The minimum absolute atomic E-state index is 0. The van der Waals surface area contributed by atoms with Gasteiger partial charge in [-0.25, -0.2) is 0 Å². The highest BCUT2D eigenvalue weighted by Gasteiger charge is 2.17. The first-order chi connectivity index (χ1) is 3.72. The Hall–Kier alpha value is -0.460. The summed E-state index contributed by atoms with van der Waals surface area (Å²) in [5.41, 5.74) is 1.30. The Bertz CT molecular complexity index is 95.1. The third-order valence-electron chi connectivity index (χ3n) is 1.96. The van der Waals surface area contributed by atoms with Gasteiger partial charge < -0.3 is 4.90 Å². The van der Waals surface area contributed by atoms with Crippen molar-refractivity contribution in [1.29, 1.82) is 0 Å². The van der Waals surface area contributed by atoms with E-state index in [-0.39, 0.29) is 7.43 Å². The van der Waals surface area contributed by atoms with Crippen LogP contribution in [0.5, 0.6) is 0 Å². The first-order valence-corrected chi connectivity index (χ1v) is 3.11. The van der Waals surface area contributed by atoms with Gasteiger partial charge in [0, 0.05) is 19.3 Å². The van der Waals surface area contributed by atoms with E-state index in [1.807, 2.05) is 0 Å². The molecular formula is C8H17N. The molecule has 1 fully saturated rings. The summed E-state index contributed by atoms with van der Waals surface area (Å²) in [5.74, 6) is 0.722. The molecule has 0 amide bonds. The average Bonchev–Trinajstić information content (AvgIpc) is 1.98. The number of hydrogen-bond donors (Lipinski definition) is 0. The lowest BCUT2D eigenvalue weighted by Crippen LogP contribution is -2.09. The van der Waals surface area contributed by atoms with Crippen molar-refractivity contribution in [3.8, 4) is 0 Å². The van der Waals surface area contributed by atoms with Crippen molar-refractivity contribution >= 4 is 0 Å². The number of nitrogens with zero attached hydrogens (tertiary/aromatic N) is 1. The Morgan fingerprint density at radius 3 is 2.33 bits per heavy atom. The van der Waals surface area contributed by atoms with Gasteiger partial charge in [0.25, 0.3) is 0 Å². The molecule has 0 aromatic rings. The highest BCUT2D eigenvalue weighted by molar-refractivity contribution is 5.02. The number of hydrogen-bond acceptors (Lipinski definition) is 1. The zero-order valence-electron chi connectivity index (χ0n) is 5.65. The van der Waals surface area contributed by atoms with E-state index in [4.69, 9.17) is 0 Å². The normalized spacial score (nSPS) is 26.2. The van der Waals surface area contributed by atoms with E-state index in [1.165, 1.54) is 18.7 Å². The smallest absolute Gasteiger partial charge is 0.0177 e. The van der Waals surface area contributed by atoms with Crippen molar-refractivity contribution < 1.29 is 0 Å². The molecule has 54 valence electrons. The third kappa shape index (κ3) is 1.47. The summed E-state index contributed by atoms with van der Waals surface area (Å²) in [5, 5.41) is 0. The van der Waals surface area contributed by atoms with Gasteiger partial charge in [-0.1, -0.05) is 20.9 Å². The molecule has 0 aromatic heterocycles. The highest BCUT2D eigenvalue weighted by atomic mass is 15.1. The fourth-order valence-electron chi connectivity index (χ4n) is 1.07. The third-order valence-corrected chi connectivity index (χ3v) is 1.96. The molecule has 0 aliphatic carbocycles. The maximum atomic E-state index is 3.94. The molecule has 9 heavy (non-hydrogen) atoms. The van der Waals surface area contributed by atoms with Crippen molar-refractivity contribution in [1.82, 2.24) is 4.90 Å². The molecule has 0 bridgehead atoms. The van der Waals surface area contributed by atoms with Crippen LogP contribution in [-0.4, -0.2) is 18.5 Å². The lowest BCUT2D eigenvalue weighted by atomic mass is 10.1. The molecule has 1 saturated heterocycles. The minimum Gasteiger partial charge on any atom is -0.378 e. The van der Waals surface area contributed by atoms with Crippen LogP contribution in [0, 0.1) is 5.92 Å². The quantitative estimate of drug-likeness (QED) is 0.481. The van der Waals surface area contributed by atoms with Crippen LogP contribution in [0.2, 0.25) is 0 Å². The molecule has 1 nitrogen and oxygen atoms in total. The lowest BCUT2D eigenvalue weighted by Gasteiger charge is -2.11. The first kappa shape index (κ1) is 8.54. The van der Waals surface area contributed by atoms with Crippen LogP contribution in [-0.2, 0) is 0 Å². The predicted octanol–water partition coefficient (Wildman–Crippen LogP) is 2.11. The Labute approximate surface area is 58.4 Å². The van der Waals surface area contributed by atoms with Gasteiger partial charge in [-0.15, -0.1) is 0 Å². The van der Waals surface area contributed by atoms with Crippen LogP contribution < -0.4 is 0 Å². The van der Waals surface area contributed by atoms with Gasteiger partial charge in [-0.3, -0.25) is 0 Å². The summed E-state index contributed by atoms with van der Waals surface area (Å²) < 4.78 is 0. The van der Waals surface area contributed by atoms with E-state index < -0.39 is 0 Å². The summed E-state index contributed by atoms with van der Waals surface area (Å²) >= 11 is 0. The minimum atomic E-state index is 0. The predicted molar refractivity (Wildman–Crippen MR) is 42.3 cm³/mol. The van der Waals surface area contributed by atoms with Gasteiger partial charge in [0.05, 0.1) is 0 Å². The van der Waals surface area contributed by atoms with Gasteiger partial charge >= 0.3 is 0 Å². The van der Waals surface area contributed by atoms with E-state index in [9.17, 15) is 0 Å². The van der Waals surface area contributed by atoms with E-state index in [0.717, 1.165) is 5.92 Å². The molecule has 1 heterocycles. The Morgan fingerprint density at radius 2 is 2.22 bits per heavy atom. The molecule has 0 N–H and O–H groups in total. The van der Waals surface area contributed by atoms with Gasteiger partial charge in [0.15, 0.2) is 0 Å². The SMILES string of the molecule is C.C=C1C(C)CCN1C. The molecule has 0 spiro atoms. The molecule has 1 aliphatic heterocycles. The van der Waals surface area contributed by atoms with E-state index in [2.05, 4.69) is 25.5 Å². The summed E-state index contributed by atoms with van der Waals surface area (Å²) in [6.45, 7) is 7.36. The van der Waals surface area contributed by atoms with Crippen LogP contribution in [0.3, 0.4) is 0 Å². The van der Waals surface area contributed by atoms with Crippen molar-refractivity contribution in [3.63, 3.8) is 0 Å². The molecule has 1 unspecified atom stereocenters. The summed E-state index contributed by atoms with van der Waals surface area (Å²) in [6.07, 6.45) is 1.29. The fourth-order valence-corrected chi connectivity index (χ4v) is 1.07. The Balaban J connectivity index is 0.000000640. The zero-order chi connectivity index (χ0) is 6.15. The van der Waals surface area contributed by atoms with Gasteiger partial charge in [0.1, 0.15) is 0 Å². The van der Waals surface area contributed by atoms with E-state index in [1.54, 1.807) is 0 Å². The Morgan fingerprint density at radius 1 is 1.67 bits per heavy atom. The van der Waals surface area contributed by atoms with Crippen LogP contribution in [0.1, 0.15) is 20.8 Å². The monoisotopic (exact) mass is 127 g/mol. The molecule has 1 aliphatic rings. The molecule has 1 atom stereocenters. The molecule has 0 radical (unpaired) electrons. The standard InChI is InChI=1S/C7H13N.CH4/c1-6-4-5-8(3)7(6)2;/h6H,2,4-5H2,1,3H3;1H4. The molecule has 0 saturated carbocycles.